The van der Waals surface area contributed by atoms with Crippen LogP contribution in [0.15, 0.2) is 147 Å². The van der Waals surface area contributed by atoms with Gasteiger partial charge in [-0.3, -0.25) is 54.0 Å². The van der Waals surface area contributed by atoms with E-state index in [0.717, 1.165) is 180 Å². The molecule has 0 bridgehead atoms. The number of hydrogen-bond donors (Lipinski definition) is 14. The van der Waals surface area contributed by atoms with Crippen LogP contribution in [-0.4, -0.2) is 154 Å². The van der Waals surface area contributed by atoms with Gasteiger partial charge in [0.2, 0.25) is 0 Å². The van der Waals surface area contributed by atoms with E-state index in [0.29, 0.717) is 113 Å². The van der Waals surface area contributed by atoms with Gasteiger partial charge in [0, 0.05) is 47.2 Å². The molecule has 8 aromatic heterocycles. The Labute approximate surface area is 721 Å². The zero-order valence-corrected chi connectivity index (χ0v) is 70.4. The molecule has 7 amide bonds. The van der Waals surface area contributed by atoms with Crippen molar-refractivity contribution in [2.24, 2.45) is 23.7 Å². The average molecular weight is 1690 g/mol. The van der Waals surface area contributed by atoms with Crippen molar-refractivity contribution >= 4 is 137 Å². The molecule has 0 unspecified atom stereocenters. The van der Waals surface area contributed by atoms with Crippen LogP contribution in [0.3, 0.4) is 0 Å². The lowest BCUT2D eigenvalue weighted by atomic mass is 9.89. The molecule has 4 aliphatic carbocycles. The van der Waals surface area contributed by atoms with Crippen molar-refractivity contribution < 1.29 is 43.5 Å². The maximum absolute atomic E-state index is 13.2. The van der Waals surface area contributed by atoms with Crippen LogP contribution in [0, 0.1) is 23.7 Å². The van der Waals surface area contributed by atoms with E-state index < -0.39 is 47.3 Å². The molecule has 125 heavy (non-hydrogen) atoms. The lowest BCUT2D eigenvalue weighted by Crippen LogP contribution is -2.46. The average Bonchev–Trinajstić information content (AvgIpc) is 1.69. The predicted molar refractivity (Wildman–Crippen MR) is 477 cm³/mol. The van der Waals surface area contributed by atoms with Crippen LogP contribution in [0.1, 0.15) is 223 Å². The number of nitrogens with two attached hydrogens (primary N) is 4. The molecule has 33 heteroatoms. The third-order valence-electron chi connectivity index (χ3n) is 25.0. The lowest BCUT2D eigenvalue weighted by Gasteiger charge is -2.38. The summed E-state index contributed by atoms with van der Waals surface area (Å²) in [6.45, 7) is 11.4. The molecule has 4 aromatic carbocycles. The molecule has 8 fully saturated rings. The molecular weight excluding hydrogens is 1590 g/mol. The largest absolute Gasteiger partial charge is 0.474 e. The molecule has 18 N–H and O–H groups in total. The molecule has 20 rings (SSSR count). The first-order valence-corrected chi connectivity index (χ1v) is 43.3. The minimum absolute atomic E-state index is 0.139. The highest BCUT2D eigenvalue weighted by molar-refractivity contribution is 6.41. The lowest BCUT2D eigenvalue weighted by molar-refractivity contribution is -0.147. The van der Waals surface area contributed by atoms with Crippen LogP contribution < -0.4 is 49.5 Å². The standard InChI is InChI=1S/3C23H26N6O2.C13H17N3.C10H11N3O3/c3*1-13-2-7-20(15-5-6-19-16(8-15)10-26-28-19)29(12-13)23(31)22(30)27-17-9-18(14-3-4-14)21(24)25-11-17;1-9-2-4-12(14-7-9)10-3-5-13-11(6-10)8-15-16-13;11-8-7(5-1-2-5)3-6(4-12-8)13-9(14)10(15)16/h3*5-6,8-11,13-14,20H,2-4,7,12H2,1H3,(H2,24,25)(H,26,28)(H,27,30);3,5-6,8-9,12,14H,2,4,7H2,1H3,(H,15,16);3-5H,1-2H2,(H2,11,12)(H,13,14)(H,15,16)/t3*13-,20+;9-,12+;/m1000./s1. The minimum atomic E-state index is -1.52. The van der Waals surface area contributed by atoms with Crippen molar-refractivity contribution in [2.75, 3.05) is 70.4 Å². The number of anilines is 8. The van der Waals surface area contributed by atoms with Crippen LogP contribution in [0.25, 0.3) is 43.6 Å². The first-order chi connectivity index (χ1) is 60.4. The summed E-state index contributed by atoms with van der Waals surface area (Å²) in [7, 11) is 0. The molecule has 4 saturated heterocycles. The van der Waals surface area contributed by atoms with Gasteiger partial charge in [0.05, 0.1) is 113 Å². The molecule has 8 aliphatic rings. The third kappa shape index (κ3) is 20.5. The Hall–Kier alpha value is -13.7. The molecule has 4 saturated carbocycles. The van der Waals surface area contributed by atoms with E-state index in [4.69, 9.17) is 28.0 Å². The Morgan fingerprint density at radius 2 is 0.608 bits per heavy atom. The summed E-state index contributed by atoms with van der Waals surface area (Å²) in [6.07, 6.45) is 29.7. The molecular formula is C92H106N24O9. The number of aromatic nitrogens is 12. The number of nitrogens with one attached hydrogen (secondary N) is 9. The molecule has 0 radical (unpaired) electrons. The first kappa shape index (κ1) is 84.9. The highest BCUT2D eigenvalue weighted by Gasteiger charge is 2.40. The number of aliphatic carboxylic acids is 1. The Morgan fingerprint density at radius 1 is 0.336 bits per heavy atom. The van der Waals surface area contributed by atoms with Crippen LogP contribution in [-0.2, 0) is 38.4 Å². The van der Waals surface area contributed by atoms with Crippen molar-refractivity contribution in [2.45, 2.75) is 178 Å². The number of nitrogens with zero attached hydrogens (tertiary/aromatic N) is 11. The smallest absolute Gasteiger partial charge is 0.394 e. The van der Waals surface area contributed by atoms with Crippen molar-refractivity contribution in [3.63, 3.8) is 0 Å². The highest BCUT2D eigenvalue weighted by Crippen LogP contribution is 2.47. The summed E-state index contributed by atoms with van der Waals surface area (Å²) < 4.78 is 0. The van der Waals surface area contributed by atoms with Gasteiger partial charge >= 0.3 is 47.3 Å². The summed E-state index contributed by atoms with van der Waals surface area (Å²) >= 11 is 0. The number of carboxylic acid groups (broad SMARTS) is 1. The number of carbonyl (C=O) groups excluding carboxylic acids is 7. The summed E-state index contributed by atoms with van der Waals surface area (Å²) in [5.74, 6) is -0.718. The number of pyridine rings is 4. The minimum Gasteiger partial charge on any atom is -0.474 e. The molecule has 12 heterocycles. The summed E-state index contributed by atoms with van der Waals surface area (Å²) in [6, 6.07) is 31.9. The van der Waals surface area contributed by atoms with E-state index >= 15 is 0 Å². The van der Waals surface area contributed by atoms with Gasteiger partial charge in [-0.05, 0) is 274 Å². The maximum Gasteiger partial charge on any atom is 0.394 e. The number of fused-ring (bicyclic) bond motifs is 4. The molecule has 648 valence electrons. The molecule has 4 aliphatic heterocycles. The quantitative estimate of drug-likeness (QED) is 0.0505. The van der Waals surface area contributed by atoms with Crippen molar-refractivity contribution in [1.29, 1.82) is 0 Å². The van der Waals surface area contributed by atoms with Crippen LogP contribution in [0.5, 0.6) is 0 Å². The number of H-pyrrole nitrogens is 4. The predicted octanol–water partition coefficient (Wildman–Crippen LogP) is 13.3. The van der Waals surface area contributed by atoms with Gasteiger partial charge in [0.1, 0.15) is 23.3 Å². The monoisotopic (exact) mass is 1690 g/mol. The summed E-state index contributed by atoms with van der Waals surface area (Å²) in [4.78, 5) is 121. The fourth-order valence-corrected chi connectivity index (χ4v) is 17.4. The van der Waals surface area contributed by atoms with E-state index in [1.165, 1.54) is 48.6 Å². The fraction of sp³-hybridized carbons (Fsp3) is 0.391. The van der Waals surface area contributed by atoms with E-state index in [-0.39, 0.29) is 18.1 Å². The second-order valence-corrected chi connectivity index (χ2v) is 35.0. The van der Waals surface area contributed by atoms with E-state index in [1.54, 1.807) is 39.4 Å². The molecule has 12 aromatic rings. The van der Waals surface area contributed by atoms with Gasteiger partial charge in [0.25, 0.3) is 0 Å². The summed E-state index contributed by atoms with van der Waals surface area (Å²) in [5.41, 5.74) is 37.6. The van der Waals surface area contributed by atoms with E-state index in [2.05, 4.69) is 133 Å². The number of piperidine rings is 4. The number of aromatic amines is 4. The van der Waals surface area contributed by atoms with Crippen LogP contribution in [0.2, 0.25) is 0 Å². The third-order valence-corrected chi connectivity index (χ3v) is 25.0. The number of nitrogen functional groups attached to an aromatic ring is 4. The number of benzene rings is 4. The van der Waals surface area contributed by atoms with Gasteiger partial charge in [-0.25, -0.2) is 24.7 Å². The Bertz CT molecular complexity index is 5580. The van der Waals surface area contributed by atoms with Crippen LogP contribution >= 0.6 is 0 Å². The normalized spacial score (nSPS) is 21.0. The maximum atomic E-state index is 13.2. The van der Waals surface area contributed by atoms with Gasteiger partial charge in [-0.15, -0.1) is 0 Å². The zero-order chi connectivity index (χ0) is 87.3. The highest BCUT2D eigenvalue weighted by atomic mass is 16.4. The Balaban J connectivity index is 0.000000118. The fourth-order valence-electron chi connectivity index (χ4n) is 17.4. The zero-order valence-electron chi connectivity index (χ0n) is 70.4. The number of likely N-dealkylation sites (tertiary alicyclic amines) is 3. The Morgan fingerprint density at radius 3 is 0.880 bits per heavy atom. The van der Waals surface area contributed by atoms with Gasteiger partial charge in [0.15, 0.2) is 0 Å². The second-order valence-electron chi connectivity index (χ2n) is 35.0. The van der Waals surface area contributed by atoms with E-state index in [9.17, 15) is 38.4 Å². The molecule has 8 atom stereocenters. The van der Waals surface area contributed by atoms with Gasteiger partial charge in [-0.1, -0.05) is 52.0 Å². The Kier molecular flexibility index (Phi) is 25.2. The number of hydrogen-bond acceptors (Lipinski definition) is 21. The van der Waals surface area contributed by atoms with Gasteiger partial charge < -0.3 is 69.3 Å². The number of carbonyl (C=O) groups is 8. The summed E-state index contributed by atoms with van der Waals surface area (Å²) in [5, 5.41) is 54.8. The van der Waals surface area contributed by atoms with Crippen molar-refractivity contribution in [3.05, 3.63) is 191 Å². The number of amides is 7. The number of rotatable bonds is 12. The topological polar surface area (TPSA) is 497 Å². The van der Waals surface area contributed by atoms with E-state index in [1.807, 2.05) is 79.0 Å². The molecule has 0 spiro atoms. The first-order valence-electron chi connectivity index (χ1n) is 43.3. The SMILES string of the molecule is C[C@@H]1CC[C@@H](c2ccc3[nH]ncc3c2)N(C(=O)C(=O)Nc2cnc(N)c(C3CC3)c2)C1.C[C@H]1CC[C@H](c2ccc3[nH]ncc3c2)N(C(=O)C(=O)Nc2cnc(N)c(C3CC3)c2)C1.C[C@H]1CC[C@H](c2ccc3[nH]ncc3c2)N(C(=O)C(=O)Nc2cnc(N)c(C3CC3)c2)C1.C[C@H]1CC[C@H](c2ccc3[nH]ncc3c2)NC1.Nc1ncc(NC(=O)C(=O)O)cc1C1CC1. The number of carboxylic acids is 1. The van der Waals surface area contributed by atoms with Crippen molar-refractivity contribution in [1.82, 2.24) is 80.7 Å². The molecule has 33 nitrogen and oxygen atoms in total. The second kappa shape index (κ2) is 37.2. The van der Waals surface area contributed by atoms with Crippen LogP contribution in [0.4, 0.5) is 46.0 Å². The van der Waals surface area contributed by atoms with Gasteiger partial charge in [-0.2, -0.15) is 20.4 Å². The van der Waals surface area contributed by atoms with Crippen molar-refractivity contribution in [3.8, 4) is 0 Å².